The molecule has 14 heavy (non-hydrogen) atoms. The van der Waals surface area contributed by atoms with Crippen molar-refractivity contribution < 1.29 is 0 Å². The van der Waals surface area contributed by atoms with Crippen LogP contribution in [0.1, 0.15) is 52.4 Å². The Morgan fingerprint density at radius 3 is 2.71 bits per heavy atom. The molecule has 0 radical (unpaired) electrons. The van der Waals surface area contributed by atoms with Crippen LogP contribution in [0, 0.1) is 17.2 Å². The van der Waals surface area contributed by atoms with E-state index >= 15 is 0 Å². The summed E-state index contributed by atoms with van der Waals surface area (Å²) in [6.07, 6.45) is 7.04. The zero-order valence-electron chi connectivity index (χ0n) is 9.42. The van der Waals surface area contributed by atoms with E-state index < -0.39 is 0 Å². The third-order valence-corrected chi connectivity index (χ3v) is 3.42. The number of rotatable bonds is 5. The Kier molecular flexibility index (Phi) is 4.97. The highest BCUT2D eigenvalue weighted by Gasteiger charge is 2.24. The lowest BCUT2D eigenvalue weighted by atomic mass is 10.0. The second kappa shape index (κ2) is 6.03. The average molecular weight is 194 g/mol. The van der Waals surface area contributed by atoms with Crippen LogP contribution < -0.4 is 5.32 Å². The highest BCUT2D eigenvalue weighted by atomic mass is 15.0. The molecule has 0 heterocycles. The molecule has 1 aliphatic carbocycles. The molecule has 2 heteroatoms. The van der Waals surface area contributed by atoms with E-state index in [1.807, 2.05) is 0 Å². The second-order valence-electron chi connectivity index (χ2n) is 4.42. The number of nitriles is 1. The maximum atomic E-state index is 8.65. The molecule has 0 aromatic carbocycles. The molecule has 1 rings (SSSR count). The fourth-order valence-electron chi connectivity index (χ4n) is 2.36. The molecule has 0 saturated heterocycles. The molecule has 0 aromatic heterocycles. The van der Waals surface area contributed by atoms with Crippen molar-refractivity contribution in [3.63, 3.8) is 0 Å². The molecule has 0 aliphatic heterocycles. The monoisotopic (exact) mass is 194 g/mol. The Morgan fingerprint density at radius 2 is 2.21 bits per heavy atom. The third kappa shape index (κ3) is 3.31. The van der Waals surface area contributed by atoms with Crippen LogP contribution in [0.15, 0.2) is 0 Å². The first-order valence-corrected chi connectivity index (χ1v) is 5.93. The normalized spacial score (nSPS) is 28.6. The fraction of sp³-hybridized carbons (Fsp3) is 0.917. The minimum atomic E-state index is 0.417. The van der Waals surface area contributed by atoms with Gasteiger partial charge in [-0.05, 0) is 31.6 Å². The third-order valence-electron chi connectivity index (χ3n) is 3.42. The summed E-state index contributed by atoms with van der Waals surface area (Å²) in [5.74, 6) is 0.923. The topological polar surface area (TPSA) is 35.8 Å². The molecule has 0 aromatic rings. The van der Waals surface area contributed by atoms with Gasteiger partial charge in [0.15, 0.2) is 0 Å². The minimum absolute atomic E-state index is 0.417. The molecule has 2 nitrogen and oxygen atoms in total. The van der Waals surface area contributed by atoms with Gasteiger partial charge in [0.25, 0.3) is 0 Å². The van der Waals surface area contributed by atoms with E-state index in [2.05, 4.69) is 25.2 Å². The molecule has 0 bridgehead atoms. The van der Waals surface area contributed by atoms with Crippen molar-refractivity contribution in [3.05, 3.63) is 0 Å². The largest absolute Gasteiger partial charge is 0.310 e. The number of nitrogens with one attached hydrogen (secondary N) is 1. The Hall–Kier alpha value is -0.550. The summed E-state index contributed by atoms with van der Waals surface area (Å²) < 4.78 is 0. The van der Waals surface area contributed by atoms with Crippen LogP contribution in [0.5, 0.6) is 0 Å². The molecule has 1 fully saturated rings. The predicted molar refractivity (Wildman–Crippen MR) is 58.9 cm³/mol. The zero-order chi connectivity index (χ0) is 10.4. The fourth-order valence-corrected chi connectivity index (χ4v) is 2.36. The van der Waals surface area contributed by atoms with Gasteiger partial charge in [0.1, 0.15) is 0 Å². The minimum Gasteiger partial charge on any atom is -0.310 e. The highest BCUT2D eigenvalue weighted by Crippen LogP contribution is 2.28. The summed E-state index contributed by atoms with van der Waals surface area (Å²) in [5.41, 5.74) is 0. The van der Waals surface area contributed by atoms with Crippen LogP contribution in [0.25, 0.3) is 0 Å². The quantitative estimate of drug-likeness (QED) is 0.730. The number of nitrogens with zero attached hydrogens (tertiary/aromatic N) is 1. The van der Waals surface area contributed by atoms with Crippen molar-refractivity contribution in [1.29, 1.82) is 5.26 Å². The van der Waals surface area contributed by atoms with Gasteiger partial charge >= 0.3 is 0 Å². The van der Waals surface area contributed by atoms with Crippen LogP contribution in [0.2, 0.25) is 0 Å². The molecule has 1 aliphatic rings. The Labute approximate surface area is 87.7 Å². The molecule has 3 atom stereocenters. The smallest absolute Gasteiger partial charge is 0.0638 e. The van der Waals surface area contributed by atoms with Crippen LogP contribution in [-0.2, 0) is 0 Å². The first-order chi connectivity index (χ1) is 6.80. The Balaban J connectivity index is 2.27. The van der Waals surface area contributed by atoms with E-state index in [1.54, 1.807) is 0 Å². The van der Waals surface area contributed by atoms with Crippen molar-refractivity contribution in [1.82, 2.24) is 5.32 Å². The maximum absolute atomic E-state index is 8.65. The van der Waals surface area contributed by atoms with E-state index in [0.717, 1.165) is 12.3 Å². The van der Waals surface area contributed by atoms with E-state index in [4.69, 9.17) is 5.26 Å². The van der Waals surface area contributed by atoms with Crippen LogP contribution in [0.3, 0.4) is 0 Å². The van der Waals surface area contributed by atoms with Gasteiger partial charge in [-0.1, -0.05) is 20.3 Å². The zero-order valence-corrected chi connectivity index (χ0v) is 9.42. The van der Waals surface area contributed by atoms with Gasteiger partial charge in [0.2, 0.25) is 0 Å². The summed E-state index contributed by atoms with van der Waals surface area (Å²) in [4.78, 5) is 0. The van der Waals surface area contributed by atoms with Gasteiger partial charge < -0.3 is 5.32 Å². The number of hydrogen-bond donors (Lipinski definition) is 1. The maximum Gasteiger partial charge on any atom is 0.0638 e. The highest BCUT2D eigenvalue weighted by molar-refractivity contribution is 4.86. The molecular formula is C12H22N2. The molecular weight excluding hydrogens is 172 g/mol. The number of hydrogen-bond acceptors (Lipinski definition) is 2. The van der Waals surface area contributed by atoms with E-state index in [0.29, 0.717) is 18.5 Å². The lowest BCUT2D eigenvalue weighted by Gasteiger charge is -2.19. The predicted octanol–water partition coefficient (Wildman–Crippen LogP) is 2.85. The van der Waals surface area contributed by atoms with E-state index in [-0.39, 0.29) is 0 Å². The van der Waals surface area contributed by atoms with Gasteiger partial charge in [-0.25, -0.2) is 0 Å². The van der Waals surface area contributed by atoms with Gasteiger partial charge in [-0.15, -0.1) is 0 Å². The van der Waals surface area contributed by atoms with E-state index in [1.165, 1.54) is 25.7 Å². The Morgan fingerprint density at radius 1 is 1.43 bits per heavy atom. The van der Waals surface area contributed by atoms with Crippen molar-refractivity contribution in [2.75, 3.05) is 0 Å². The summed E-state index contributed by atoms with van der Waals surface area (Å²) in [7, 11) is 0. The van der Waals surface area contributed by atoms with Crippen molar-refractivity contribution in [2.45, 2.75) is 64.5 Å². The summed E-state index contributed by atoms with van der Waals surface area (Å²) in [5, 5.41) is 12.3. The van der Waals surface area contributed by atoms with E-state index in [9.17, 15) is 0 Å². The van der Waals surface area contributed by atoms with Crippen LogP contribution in [0.4, 0.5) is 0 Å². The lowest BCUT2D eigenvalue weighted by Crippen LogP contribution is -2.36. The molecule has 0 amide bonds. The van der Waals surface area contributed by atoms with Crippen molar-refractivity contribution in [3.8, 4) is 6.07 Å². The summed E-state index contributed by atoms with van der Waals surface area (Å²) in [6, 6.07) is 3.35. The van der Waals surface area contributed by atoms with Gasteiger partial charge in [-0.3, -0.25) is 0 Å². The Bertz CT molecular complexity index is 195. The first kappa shape index (κ1) is 11.5. The lowest BCUT2D eigenvalue weighted by molar-refractivity contribution is 0.409. The molecule has 3 unspecified atom stereocenters. The standard InChI is InChI=1S/C12H22N2/c1-3-10-5-6-12(9-10)14-11(4-2)7-8-13/h10-12,14H,3-7,9H2,1-2H3. The second-order valence-corrected chi connectivity index (χ2v) is 4.42. The van der Waals surface area contributed by atoms with Gasteiger partial charge in [-0.2, -0.15) is 5.26 Å². The van der Waals surface area contributed by atoms with Crippen molar-refractivity contribution in [2.24, 2.45) is 5.92 Å². The van der Waals surface area contributed by atoms with Crippen LogP contribution >= 0.6 is 0 Å². The molecule has 1 N–H and O–H groups in total. The first-order valence-electron chi connectivity index (χ1n) is 5.93. The summed E-state index contributed by atoms with van der Waals surface area (Å²) in [6.45, 7) is 4.43. The molecule has 1 saturated carbocycles. The average Bonchev–Trinajstić information content (AvgIpc) is 2.65. The SMILES string of the molecule is CCC1CCC(NC(CC)CC#N)C1. The van der Waals surface area contributed by atoms with Crippen molar-refractivity contribution >= 4 is 0 Å². The van der Waals surface area contributed by atoms with Gasteiger partial charge in [0.05, 0.1) is 12.5 Å². The van der Waals surface area contributed by atoms with Crippen LogP contribution in [-0.4, -0.2) is 12.1 Å². The summed E-state index contributed by atoms with van der Waals surface area (Å²) >= 11 is 0. The molecule has 0 spiro atoms. The van der Waals surface area contributed by atoms with Gasteiger partial charge in [0, 0.05) is 12.1 Å². The molecule has 80 valence electrons.